The average molecular weight is 288 g/mol. The van der Waals surface area contributed by atoms with Gasteiger partial charge < -0.3 is 10.2 Å². The number of hydrogen-bond donors (Lipinski definition) is 1. The number of benzene rings is 1. The molecule has 0 radical (unpaired) electrons. The summed E-state index contributed by atoms with van der Waals surface area (Å²) in [5.74, 6) is -0.835. The molecule has 4 heteroatoms. The highest BCUT2D eigenvalue weighted by molar-refractivity contribution is 6.35. The van der Waals surface area contributed by atoms with E-state index in [2.05, 4.69) is 17.4 Å². The molecule has 21 heavy (non-hydrogen) atoms. The van der Waals surface area contributed by atoms with Gasteiger partial charge in [0.05, 0.1) is 0 Å². The third kappa shape index (κ3) is 4.88. The van der Waals surface area contributed by atoms with E-state index >= 15 is 0 Å². The average Bonchev–Trinajstić information content (AvgIpc) is 2.54. The lowest BCUT2D eigenvalue weighted by molar-refractivity contribution is -0.146. The Morgan fingerprint density at radius 2 is 1.81 bits per heavy atom. The van der Waals surface area contributed by atoms with E-state index in [1.54, 1.807) is 4.90 Å². The quantitative estimate of drug-likeness (QED) is 0.863. The molecule has 0 aliphatic carbocycles. The Balaban J connectivity index is 1.74. The molecule has 1 saturated heterocycles. The van der Waals surface area contributed by atoms with Crippen molar-refractivity contribution >= 4 is 11.8 Å². The van der Waals surface area contributed by atoms with Crippen LogP contribution in [0.15, 0.2) is 30.3 Å². The van der Waals surface area contributed by atoms with Gasteiger partial charge in [0, 0.05) is 19.1 Å². The lowest BCUT2D eigenvalue weighted by atomic mass is 10.1. The largest absolute Gasteiger partial charge is 0.345 e. The highest BCUT2D eigenvalue weighted by atomic mass is 16.2. The van der Waals surface area contributed by atoms with Crippen LogP contribution in [0.25, 0.3) is 0 Å². The van der Waals surface area contributed by atoms with Gasteiger partial charge in [0.25, 0.3) is 0 Å². The van der Waals surface area contributed by atoms with Gasteiger partial charge in [-0.2, -0.15) is 0 Å². The molecule has 0 bridgehead atoms. The standard InChI is InChI=1S/C17H24N2O2/c1-14(10-11-15-8-4-2-5-9-15)18-16(20)17(21)19-12-6-3-7-13-19/h2,4-5,8-9,14H,3,6-7,10-13H2,1H3,(H,18,20). The Labute approximate surface area is 126 Å². The maximum atomic E-state index is 12.0. The summed E-state index contributed by atoms with van der Waals surface area (Å²) < 4.78 is 0. The minimum absolute atomic E-state index is 0.00597. The van der Waals surface area contributed by atoms with Crippen molar-refractivity contribution in [3.05, 3.63) is 35.9 Å². The zero-order valence-corrected chi connectivity index (χ0v) is 12.7. The van der Waals surface area contributed by atoms with Crippen LogP contribution < -0.4 is 5.32 Å². The molecule has 1 atom stereocenters. The van der Waals surface area contributed by atoms with Crippen molar-refractivity contribution in [3.63, 3.8) is 0 Å². The number of nitrogens with one attached hydrogen (secondary N) is 1. The Bertz CT molecular complexity index is 467. The van der Waals surface area contributed by atoms with Crippen LogP contribution in [0.4, 0.5) is 0 Å². The molecule has 1 N–H and O–H groups in total. The predicted molar refractivity (Wildman–Crippen MR) is 82.8 cm³/mol. The van der Waals surface area contributed by atoms with Gasteiger partial charge in [-0.15, -0.1) is 0 Å². The van der Waals surface area contributed by atoms with Crippen molar-refractivity contribution in [2.45, 2.75) is 45.1 Å². The SMILES string of the molecule is CC(CCc1ccccc1)NC(=O)C(=O)N1CCCCC1. The molecular weight excluding hydrogens is 264 g/mol. The van der Waals surface area contributed by atoms with Crippen molar-refractivity contribution in [2.24, 2.45) is 0 Å². The summed E-state index contributed by atoms with van der Waals surface area (Å²) >= 11 is 0. The van der Waals surface area contributed by atoms with E-state index in [1.807, 2.05) is 25.1 Å². The maximum Gasteiger partial charge on any atom is 0.311 e. The third-order valence-corrected chi connectivity index (χ3v) is 3.92. The van der Waals surface area contributed by atoms with Crippen LogP contribution in [-0.4, -0.2) is 35.8 Å². The minimum Gasteiger partial charge on any atom is -0.345 e. The molecule has 1 fully saturated rings. The first-order valence-electron chi connectivity index (χ1n) is 7.80. The monoisotopic (exact) mass is 288 g/mol. The van der Waals surface area contributed by atoms with E-state index < -0.39 is 5.91 Å². The zero-order valence-electron chi connectivity index (χ0n) is 12.7. The Morgan fingerprint density at radius 3 is 2.48 bits per heavy atom. The fourth-order valence-corrected chi connectivity index (χ4v) is 2.63. The van der Waals surface area contributed by atoms with Crippen LogP contribution in [-0.2, 0) is 16.0 Å². The third-order valence-electron chi connectivity index (χ3n) is 3.92. The minimum atomic E-state index is -0.461. The first-order chi connectivity index (χ1) is 10.2. The smallest absolute Gasteiger partial charge is 0.311 e. The van der Waals surface area contributed by atoms with E-state index in [-0.39, 0.29) is 11.9 Å². The van der Waals surface area contributed by atoms with E-state index in [4.69, 9.17) is 0 Å². The van der Waals surface area contributed by atoms with E-state index in [0.717, 1.165) is 32.1 Å². The number of likely N-dealkylation sites (tertiary alicyclic amines) is 1. The highest BCUT2D eigenvalue weighted by Gasteiger charge is 2.24. The van der Waals surface area contributed by atoms with Crippen molar-refractivity contribution in [2.75, 3.05) is 13.1 Å². The first kappa shape index (κ1) is 15.5. The predicted octanol–water partition coefficient (Wildman–Crippen LogP) is 2.14. The molecule has 114 valence electrons. The molecule has 0 saturated carbocycles. The molecule has 2 rings (SSSR count). The second-order valence-corrected chi connectivity index (χ2v) is 5.75. The van der Waals surface area contributed by atoms with Gasteiger partial charge in [-0.3, -0.25) is 9.59 Å². The van der Waals surface area contributed by atoms with Crippen LogP contribution in [0.2, 0.25) is 0 Å². The summed E-state index contributed by atoms with van der Waals surface area (Å²) in [7, 11) is 0. The Morgan fingerprint density at radius 1 is 1.14 bits per heavy atom. The molecule has 1 unspecified atom stereocenters. The van der Waals surface area contributed by atoms with E-state index in [9.17, 15) is 9.59 Å². The van der Waals surface area contributed by atoms with Crippen LogP contribution in [0.1, 0.15) is 38.2 Å². The van der Waals surface area contributed by atoms with Gasteiger partial charge >= 0.3 is 11.8 Å². The number of carbonyl (C=O) groups excluding carboxylic acids is 2. The van der Waals surface area contributed by atoms with Gasteiger partial charge in [-0.1, -0.05) is 30.3 Å². The molecule has 1 aliphatic rings. The van der Waals surface area contributed by atoms with Gasteiger partial charge in [0.15, 0.2) is 0 Å². The zero-order chi connectivity index (χ0) is 15.1. The highest BCUT2D eigenvalue weighted by Crippen LogP contribution is 2.09. The molecule has 1 aliphatic heterocycles. The summed E-state index contributed by atoms with van der Waals surface area (Å²) in [6, 6.07) is 10.2. The maximum absolute atomic E-state index is 12.0. The van der Waals surface area contributed by atoms with E-state index in [0.29, 0.717) is 13.1 Å². The van der Waals surface area contributed by atoms with Crippen molar-refractivity contribution < 1.29 is 9.59 Å². The summed E-state index contributed by atoms with van der Waals surface area (Å²) in [5, 5.41) is 2.82. The summed E-state index contributed by atoms with van der Waals surface area (Å²) in [4.78, 5) is 25.7. The van der Waals surface area contributed by atoms with Gasteiger partial charge in [-0.05, 0) is 44.6 Å². The number of amides is 2. The van der Waals surface area contributed by atoms with E-state index in [1.165, 1.54) is 5.56 Å². The second-order valence-electron chi connectivity index (χ2n) is 5.75. The van der Waals surface area contributed by atoms with Gasteiger partial charge in [0.1, 0.15) is 0 Å². The van der Waals surface area contributed by atoms with Crippen LogP contribution in [0, 0.1) is 0 Å². The Kier molecular flexibility index (Phi) is 5.78. The van der Waals surface area contributed by atoms with Crippen molar-refractivity contribution in [1.29, 1.82) is 0 Å². The van der Waals surface area contributed by atoms with Gasteiger partial charge in [-0.25, -0.2) is 0 Å². The molecule has 0 spiro atoms. The fraction of sp³-hybridized carbons (Fsp3) is 0.529. The van der Waals surface area contributed by atoms with Crippen LogP contribution in [0.3, 0.4) is 0 Å². The lowest BCUT2D eigenvalue weighted by Gasteiger charge is -2.26. The molecular formula is C17H24N2O2. The van der Waals surface area contributed by atoms with Crippen molar-refractivity contribution in [1.82, 2.24) is 10.2 Å². The lowest BCUT2D eigenvalue weighted by Crippen LogP contribution is -2.47. The molecule has 2 amide bonds. The molecule has 1 aromatic rings. The fourth-order valence-electron chi connectivity index (χ4n) is 2.63. The molecule has 1 aromatic carbocycles. The van der Waals surface area contributed by atoms with Crippen LogP contribution in [0.5, 0.6) is 0 Å². The van der Waals surface area contributed by atoms with Crippen LogP contribution >= 0.6 is 0 Å². The number of aryl methyl sites for hydroxylation is 1. The van der Waals surface area contributed by atoms with Gasteiger partial charge in [0.2, 0.25) is 0 Å². The number of rotatable bonds is 4. The molecule has 1 heterocycles. The number of piperidine rings is 1. The normalized spacial score (nSPS) is 16.3. The number of carbonyl (C=O) groups is 2. The molecule has 4 nitrogen and oxygen atoms in total. The first-order valence-corrected chi connectivity index (χ1v) is 7.80. The summed E-state index contributed by atoms with van der Waals surface area (Å²) in [6.45, 7) is 3.37. The molecule has 0 aromatic heterocycles. The topological polar surface area (TPSA) is 49.4 Å². The van der Waals surface area contributed by atoms with Crippen molar-refractivity contribution in [3.8, 4) is 0 Å². The summed E-state index contributed by atoms with van der Waals surface area (Å²) in [5.41, 5.74) is 1.25. The summed E-state index contributed by atoms with van der Waals surface area (Å²) in [6.07, 6.45) is 4.90. The number of hydrogen-bond acceptors (Lipinski definition) is 2. The number of nitrogens with zero attached hydrogens (tertiary/aromatic N) is 1. The Hall–Kier alpha value is -1.84. The second kappa shape index (κ2) is 7.81.